The summed E-state index contributed by atoms with van der Waals surface area (Å²) in [7, 11) is 0. The summed E-state index contributed by atoms with van der Waals surface area (Å²) in [4.78, 5) is 25.3. The Kier molecular flexibility index (Phi) is 4.62. The van der Waals surface area contributed by atoms with Crippen LogP contribution >= 0.6 is 27.3 Å². The second kappa shape index (κ2) is 6.05. The molecule has 0 spiro atoms. The predicted octanol–water partition coefficient (Wildman–Crippen LogP) is 3.28. The molecule has 1 aliphatic heterocycles. The standard InChI is InChI=1S/C13H16BrNO3S/c1-2-5-15-11(16)4-3-8(13(17)18)12(15)9-6-19-7-10(9)14/h6-8,12H,2-5H2,1H3,(H,17,18). The van der Waals surface area contributed by atoms with Crippen molar-refractivity contribution >= 4 is 39.1 Å². The predicted molar refractivity (Wildman–Crippen MR) is 77.1 cm³/mol. The van der Waals surface area contributed by atoms with Gasteiger partial charge in [-0.25, -0.2) is 0 Å². The quantitative estimate of drug-likeness (QED) is 0.910. The molecular formula is C13H16BrNO3S. The van der Waals surface area contributed by atoms with Gasteiger partial charge in [0.05, 0.1) is 12.0 Å². The van der Waals surface area contributed by atoms with Gasteiger partial charge in [0.25, 0.3) is 0 Å². The second-order valence-electron chi connectivity index (χ2n) is 4.69. The van der Waals surface area contributed by atoms with Crippen LogP contribution in [0.5, 0.6) is 0 Å². The van der Waals surface area contributed by atoms with Crippen LogP contribution in [-0.4, -0.2) is 28.4 Å². The van der Waals surface area contributed by atoms with Crippen LogP contribution in [0, 0.1) is 5.92 Å². The van der Waals surface area contributed by atoms with Crippen LogP contribution in [0.2, 0.25) is 0 Å². The molecule has 0 bridgehead atoms. The molecule has 2 heterocycles. The van der Waals surface area contributed by atoms with E-state index in [2.05, 4.69) is 15.9 Å². The molecule has 2 rings (SSSR count). The molecule has 1 saturated heterocycles. The summed E-state index contributed by atoms with van der Waals surface area (Å²) in [6.07, 6.45) is 1.58. The summed E-state index contributed by atoms with van der Waals surface area (Å²) < 4.78 is 0.893. The molecule has 6 heteroatoms. The van der Waals surface area contributed by atoms with Crippen LogP contribution in [-0.2, 0) is 9.59 Å². The zero-order chi connectivity index (χ0) is 14.0. The zero-order valence-corrected chi connectivity index (χ0v) is 13.0. The van der Waals surface area contributed by atoms with Gasteiger partial charge in [0.1, 0.15) is 0 Å². The molecule has 1 N–H and O–H groups in total. The van der Waals surface area contributed by atoms with Crippen LogP contribution in [0.3, 0.4) is 0 Å². The van der Waals surface area contributed by atoms with Gasteiger partial charge >= 0.3 is 5.97 Å². The monoisotopic (exact) mass is 345 g/mol. The van der Waals surface area contributed by atoms with E-state index in [1.54, 1.807) is 4.90 Å². The van der Waals surface area contributed by atoms with E-state index in [0.717, 1.165) is 16.5 Å². The number of halogens is 1. The number of carbonyl (C=O) groups is 2. The fourth-order valence-electron chi connectivity index (χ4n) is 2.60. The molecule has 1 aromatic heterocycles. The molecule has 0 aromatic carbocycles. The first-order chi connectivity index (χ1) is 9.06. The molecule has 2 unspecified atom stereocenters. The topological polar surface area (TPSA) is 57.6 Å². The average Bonchev–Trinajstić information content (AvgIpc) is 2.77. The van der Waals surface area contributed by atoms with Crippen LogP contribution in [0.1, 0.15) is 37.8 Å². The molecule has 2 atom stereocenters. The van der Waals surface area contributed by atoms with Crippen LogP contribution in [0.4, 0.5) is 0 Å². The molecule has 0 saturated carbocycles. The van der Waals surface area contributed by atoms with Crippen molar-refractivity contribution in [1.29, 1.82) is 0 Å². The molecule has 19 heavy (non-hydrogen) atoms. The lowest BCUT2D eigenvalue weighted by atomic mass is 9.85. The number of amides is 1. The molecule has 1 aromatic rings. The molecular weight excluding hydrogens is 330 g/mol. The lowest BCUT2D eigenvalue weighted by Gasteiger charge is -2.39. The summed E-state index contributed by atoms with van der Waals surface area (Å²) in [5.41, 5.74) is 0.916. The molecule has 1 aliphatic rings. The molecule has 1 fully saturated rings. The van der Waals surface area contributed by atoms with Crippen LogP contribution in [0.25, 0.3) is 0 Å². The van der Waals surface area contributed by atoms with E-state index >= 15 is 0 Å². The highest BCUT2D eigenvalue weighted by atomic mass is 79.9. The number of piperidine rings is 1. The van der Waals surface area contributed by atoms with E-state index in [-0.39, 0.29) is 11.9 Å². The van der Waals surface area contributed by atoms with Crippen molar-refractivity contribution in [3.8, 4) is 0 Å². The van der Waals surface area contributed by atoms with E-state index in [9.17, 15) is 14.7 Å². The van der Waals surface area contributed by atoms with Crippen molar-refractivity contribution in [1.82, 2.24) is 4.90 Å². The maximum absolute atomic E-state index is 12.1. The minimum atomic E-state index is -0.822. The van der Waals surface area contributed by atoms with Crippen molar-refractivity contribution in [3.63, 3.8) is 0 Å². The highest BCUT2D eigenvalue weighted by Crippen LogP contribution is 2.41. The first kappa shape index (κ1) is 14.5. The Bertz CT molecular complexity index is 488. The Balaban J connectivity index is 2.41. The minimum Gasteiger partial charge on any atom is -0.481 e. The number of aliphatic carboxylic acids is 1. The van der Waals surface area contributed by atoms with Crippen molar-refractivity contribution < 1.29 is 14.7 Å². The van der Waals surface area contributed by atoms with Gasteiger partial charge in [-0.3, -0.25) is 9.59 Å². The van der Waals surface area contributed by atoms with Gasteiger partial charge < -0.3 is 10.0 Å². The molecule has 0 radical (unpaired) electrons. The van der Waals surface area contributed by atoms with Crippen LogP contribution < -0.4 is 0 Å². The van der Waals surface area contributed by atoms with E-state index in [1.807, 2.05) is 17.7 Å². The number of carbonyl (C=O) groups excluding carboxylic acids is 1. The summed E-state index contributed by atoms with van der Waals surface area (Å²) in [5.74, 6) is -1.28. The Morgan fingerprint density at radius 2 is 2.32 bits per heavy atom. The van der Waals surface area contributed by atoms with Gasteiger partial charge in [-0.05, 0) is 34.2 Å². The molecule has 4 nitrogen and oxygen atoms in total. The number of likely N-dealkylation sites (tertiary alicyclic amines) is 1. The number of nitrogens with zero attached hydrogens (tertiary/aromatic N) is 1. The second-order valence-corrected chi connectivity index (χ2v) is 6.29. The van der Waals surface area contributed by atoms with Gasteiger partial charge in [0.2, 0.25) is 5.91 Å². The van der Waals surface area contributed by atoms with Crippen molar-refractivity contribution in [2.75, 3.05) is 6.54 Å². The van der Waals surface area contributed by atoms with Crippen molar-refractivity contribution in [2.45, 2.75) is 32.2 Å². The molecule has 104 valence electrons. The molecule has 0 aliphatic carbocycles. The van der Waals surface area contributed by atoms with Gasteiger partial charge in [-0.2, -0.15) is 11.3 Å². The highest BCUT2D eigenvalue weighted by molar-refractivity contribution is 9.10. The van der Waals surface area contributed by atoms with Gasteiger partial charge in [-0.15, -0.1) is 0 Å². The number of hydrogen-bond acceptors (Lipinski definition) is 3. The van der Waals surface area contributed by atoms with E-state index < -0.39 is 11.9 Å². The lowest BCUT2D eigenvalue weighted by molar-refractivity contribution is -0.152. The Morgan fingerprint density at radius 3 is 2.84 bits per heavy atom. The van der Waals surface area contributed by atoms with Gasteiger partial charge in [0.15, 0.2) is 0 Å². The zero-order valence-electron chi connectivity index (χ0n) is 10.6. The SMILES string of the molecule is CCCN1C(=O)CCC(C(=O)O)C1c1cscc1Br. The number of carboxylic acids is 1. The maximum atomic E-state index is 12.1. The Labute approximate surface area is 124 Å². The third-order valence-electron chi connectivity index (χ3n) is 3.45. The van der Waals surface area contributed by atoms with Crippen molar-refractivity contribution in [3.05, 3.63) is 20.8 Å². The number of thiophene rings is 1. The summed E-state index contributed by atoms with van der Waals surface area (Å²) in [6.45, 7) is 2.60. The smallest absolute Gasteiger partial charge is 0.308 e. The third-order valence-corrected chi connectivity index (χ3v) is 5.20. The normalized spacial score (nSPS) is 23.7. The average molecular weight is 346 g/mol. The van der Waals surface area contributed by atoms with E-state index in [4.69, 9.17) is 0 Å². The van der Waals surface area contributed by atoms with Crippen LogP contribution in [0.15, 0.2) is 15.2 Å². The highest BCUT2D eigenvalue weighted by Gasteiger charge is 2.41. The fraction of sp³-hybridized carbons (Fsp3) is 0.538. The molecule has 1 amide bonds. The van der Waals surface area contributed by atoms with Gasteiger partial charge in [-0.1, -0.05) is 6.92 Å². The number of carboxylic acid groups (broad SMARTS) is 1. The first-order valence-electron chi connectivity index (χ1n) is 6.30. The van der Waals surface area contributed by atoms with Crippen molar-refractivity contribution in [2.24, 2.45) is 5.92 Å². The maximum Gasteiger partial charge on any atom is 0.308 e. The largest absolute Gasteiger partial charge is 0.481 e. The van der Waals surface area contributed by atoms with E-state index in [0.29, 0.717) is 19.4 Å². The Hall–Kier alpha value is -0.880. The number of rotatable bonds is 4. The Morgan fingerprint density at radius 1 is 1.58 bits per heavy atom. The summed E-state index contributed by atoms with van der Waals surface area (Å²) in [5, 5.41) is 13.3. The lowest BCUT2D eigenvalue weighted by Crippen LogP contribution is -2.45. The number of hydrogen-bond donors (Lipinski definition) is 1. The summed E-state index contributed by atoms with van der Waals surface area (Å²) in [6, 6.07) is -0.348. The first-order valence-corrected chi connectivity index (χ1v) is 8.03. The van der Waals surface area contributed by atoms with Gasteiger partial charge in [0, 0.05) is 28.4 Å². The summed E-state index contributed by atoms with van der Waals surface area (Å²) >= 11 is 4.97. The third kappa shape index (κ3) is 2.84. The minimum absolute atomic E-state index is 0.0578. The van der Waals surface area contributed by atoms with E-state index in [1.165, 1.54) is 11.3 Å². The fourth-order valence-corrected chi connectivity index (χ4v) is 4.16.